The summed E-state index contributed by atoms with van der Waals surface area (Å²) in [6, 6.07) is 5.43. The quantitative estimate of drug-likeness (QED) is 0.777. The molecule has 92 valence electrons. The number of hydrogen-bond donors (Lipinski definition) is 2. The van der Waals surface area contributed by atoms with Crippen molar-refractivity contribution in [3.8, 4) is 0 Å². The SMILES string of the molecule is CCC(CC(=O)NCc1ccccn1)C(=O)O. The number of amides is 1. The number of aromatic nitrogens is 1. The molecular weight excluding hydrogens is 220 g/mol. The first-order chi connectivity index (χ1) is 8.13. The summed E-state index contributed by atoms with van der Waals surface area (Å²) in [5, 5.41) is 11.5. The molecule has 0 aromatic carbocycles. The Bertz CT molecular complexity index is 379. The van der Waals surface area contributed by atoms with Gasteiger partial charge in [-0.3, -0.25) is 14.6 Å². The zero-order chi connectivity index (χ0) is 12.7. The van der Waals surface area contributed by atoms with Crippen LogP contribution in [-0.2, 0) is 16.1 Å². The van der Waals surface area contributed by atoms with Crippen LogP contribution in [0, 0.1) is 5.92 Å². The van der Waals surface area contributed by atoms with Crippen LogP contribution in [-0.4, -0.2) is 22.0 Å². The van der Waals surface area contributed by atoms with E-state index in [1.807, 2.05) is 6.07 Å². The summed E-state index contributed by atoms with van der Waals surface area (Å²) in [5.74, 6) is -1.80. The molecule has 0 aliphatic rings. The van der Waals surface area contributed by atoms with E-state index in [4.69, 9.17) is 5.11 Å². The number of nitrogens with one attached hydrogen (secondary N) is 1. The monoisotopic (exact) mass is 236 g/mol. The minimum atomic E-state index is -0.930. The third kappa shape index (κ3) is 4.63. The maximum absolute atomic E-state index is 11.5. The first-order valence-electron chi connectivity index (χ1n) is 5.53. The third-order valence-corrected chi connectivity index (χ3v) is 2.47. The second-order valence-corrected chi connectivity index (χ2v) is 3.75. The highest BCUT2D eigenvalue weighted by atomic mass is 16.4. The molecule has 1 atom stereocenters. The van der Waals surface area contributed by atoms with E-state index in [0.717, 1.165) is 5.69 Å². The van der Waals surface area contributed by atoms with Gasteiger partial charge in [-0.05, 0) is 18.6 Å². The van der Waals surface area contributed by atoms with Gasteiger partial charge in [-0.1, -0.05) is 13.0 Å². The molecule has 1 unspecified atom stereocenters. The van der Waals surface area contributed by atoms with Crippen LogP contribution in [0.5, 0.6) is 0 Å². The fourth-order valence-corrected chi connectivity index (χ4v) is 1.39. The van der Waals surface area contributed by atoms with Crippen LogP contribution in [0.15, 0.2) is 24.4 Å². The number of carbonyl (C=O) groups excluding carboxylic acids is 1. The van der Waals surface area contributed by atoms with Gasteiger partial charge in [-0.2, -0.15) is 0 Å². The minimum absolute atomic E-state index is 0.0126. The smallest absolute Gasteiger partial charge is 0.307 e. The summed E-state index contributed by atoms with van der Waals surface area (Å²) in [6.45, 7) is 2.08. The van der Waals surface area contributed by atoms with Gasteiger partial charge in [0.25, 0.3) is 0 Å². The van der Waals surface area contributed by atoms with Crippen LogP contribution in [0.1, 0.15) is 25.5 Å². The highest BCUT2D eigenvalue weighted by molar-refractivity contribution is 5.82. The van der Waals surface area contributed by atoms with Gasteiger partial charge in [-0.15, -0.1) is 0 Å². The number of carbonyl (C=O) groups is 2. The van der Waals surface area contributed by atoms with E-state index >= 15 is 0 Å². The lowest BCUT2D eigenvalue weighted by molar-refractivity contribution is -0.144. The van der Waals surface area contributed by atoms with Crippen molar-refractivity contribution in [3.05, 3.63) is 30.1 Å². The van der Waals surface area contributed by atoms with Crippen molar-refractivity contribution in [2.75, 3.05) is 0 Å². The molecule has 0 bridgehead atoms. The average molecular weight is 236 g/mol. The molecule has 0 aliphatic carbocycles. The van der Waals surface area contributed by atoms with Crippen LogP contribution >= 0.6 is 0 Å². The van der Waals surface area contributed by atoms with Crippen LogP contribution in [0.4, 0.5) is 0 Å². The van der Waals surface area contributed by atoms with E-state index in [0.29, 0.717) is 13.0 Å². The molecule has 2 N–H and O–H groups in total. The maximum Gasteiger partial charge on any atom is 0.307 e. The number of aliphatic carboxylic acids is 1. The molecule has 17 heavy (non-hydrogen) atoms. The molecule has 5 nitrogen and oxygen atoms in total. The van der Waals surface area contributed by atoms with Gasteiger partial charge in [0.1, 0.15) is 0 Å². The van der Waals surface area contributed by atoms with Crippen molar-refractivity contribution in [2.24, 2.45) is 5.92 Å². The second kappa shape index (κ2) is 6.62. The number of carboxylic acid groups (broad SMARTS) is 1. The number of hydrogen-bond acceptors (Lipinski definition) is 3. The van der Waals surface area contributed by atoms with Gasteiger partial charge in [0.15, 0.2) is 0 Å². The fraction of sp³-hybridized carbons (Fsp3) is 0.417. The van der Waals surface area contributed by atoms with Gasteiger partial charge in [0.05, 0.1) is 18.2 Å². The van der Waals surface area contributed by atoms with Crippen LogP contribution < -0.4 is 5.32 Å². The summed E-state index contributed by atoms with van der Waals surface area (Å²) in [4.78, 5) is 26.3. The second-order valence-electron chi connectivity index (χ2n) is 3.75. The predicted molar refractivity (Wildman–Crippen MR) is 62.1 cm³/mol. The van der Waals surface area contributed by atoms with Gasteiger partial charge in [-0.25, -0.2) is 0 Å². The van der Waals surface area contributed by atoms with Crippen LogP contribution in [0.3, 0.4) is 0 Å². The summed E-state index contributed by atoms with van der Waals surface area (Å²) >= 11 is 0. The number of carboxylic acids is 1. The molecule has 1 rings (SSSR count). The molecule has 0 radical (unpaired) electrons. The topological polar surface area (TPSA) is 79.3 Å². The molecular formula is C12H16N2O3. The number of nitrogens with zero attached hydrogens (tertiary/aromatic N) is 1. The normalized spacial score (nSPS) is 11.8. The predicted octanol–water partition coefficient (Wildman–Crippen LogP) is 1.20. The van der Waals surface area contributed by atoms with Crippen LogP contribution in [0.2, 0.25) is 0 Å². The lowest BCUT2D eigenvalue weighted by atomic mass is 10.0. The standard InChI is InChI=1S/C12H16N2O3/c1-2-9(12(16)17)7-11(15)14-8-10-5-3-4-6-13-10/h3-6,9H,2,7-8H2,1H3,(H,14,15)(H,16,17). The van der Waals surface area contributed by atoms with Crippen molar-refractivity contribution in [1.29, 1.82) is 0 Å². The summed E-state index contributed by atoms with van der Waals surface area (Å²) in [5.41, 5.74) is 0.754. The van der Waals surface area contributed by atoms with Crippen LogP contribution in [0.25, 0.3) is 0 Å². The van der Waals surface area contributed by atoms with Crippen molar-refractivity contribution in [2.45, 2.75) is 26.3 Å². The summed E-state index contributed by atoms with van der Waals surface area (Å²) < 4.78 is 0. The molecule has 0 spiro atoms. The van der Waals surface area contributed by atoms with Crippen molar-refractivity contribution < 1.29 is 14.7 Å². The highest BCUT2D eigenvalue weighted by Gasteiger charge is 2.18. The molecule has 1 aromatic rings. The Morgan fingerprint density at radius 2 is 2.24 bits per heavy atom. The Balaban J connectivity index is 2.37. The number of rotatable bonds is 6. The molecule has 0 saturated carbocycles. The largest absolute Gasteiger partial charge is 0.481 e. The Kier molecular flexibility index (Phi) is 5.13. The molecule has 1 heterocycles. The Hall–Kier alpha value is -1.91. The van der Waals surface area contributed by atoms with E-state index in [1.165, 1.54) is 0 Å². The minimum Gasteiger partial charge on any atom is -0.481 e. The number of pyridine rings is 1. The first-order valence-corrected chi connectivity index (χ1v) is 5.53. The van der Waals surface area contributed by atoms with Gasteiger partial charge in [0, 0.05) is 12.6 Å². The molecule has 0 aliphatic heterocycles. The van der Waals surface area contributed by atoms with Gasteiger partial charge in [0.2, 0.25) is 5.91 Å². The average Bonchev–Trinajstić information content (AvgIpc) is 2.34. The Labute approximate surface area is 99.9 Å². The van der Waals surface area contributed by atoms with E-state index in [9.17, 15) is 9.59 Å². The maximum atomic E-state index is 11.5. The summed E-state index contributed by atoms with van der Waals surface area (Å²) in [6.07, 6.45) is 2.11. The van der Waals surface area contributed by atoms with Gasteiger partial charge < -0.3 is 10.4 Å². The fourth-order valence-electron chi connectivity index (χ4n) is 1.39. The van der Waals surface area contributed by atoms with Crippen molar-refractivity contribution in [1.82, 2.24) is 10.3 Å². The molecule has 1 aromatic heterocycles. The van der Waals surface area contributed by atoms with E-state index in [1.54, 1.807) is 25.3 Å². The van der Waals surface area contributed by atoms with Crippen molar-refractivity contribution >= 4 is 11.9 Å². The first kappa shape index (κ1) is 13.2. The lowest BCUT2D eigenvalue weighted by Crippen LogP contribution is -2.28. The Morgan fingerprint density at radius 3 is 2.76 bits per heavy atom. The van der Waals surface area contributed by atoms with Crippen molar-refractivity contribution in [3.63, 3.8) is 0 Å². The molecule has 5 heteroatoms. The molecule has 0 fully saturated rings. The van der Waals surface area contributed by atoms with Gasteiger partial charge >= 0.3 is 5.97 Å². The highest BCUT2D eigenvalue weighted by Crippen LogP contribution is 2.08. The van der Waals surface area contributed by atoms with E-state index < -0.39 is 11.9 Å². The zero-order valence-electron chi connectivity index (χ0n) is 9.72. The zero-order valence-corrected chi connectivity index (χ0v) is 9.72. The van der Waals surface area contributed by atoms with E-state index in [-0.39, 0.29) is 12.3 Å². The molecule has 0 saturated heterocycles. The molecule has 1 amide bonds. The Morgan fingerprint density at radius 1 is 1.47 bits per heavy atom. The summed E-state index contributed by atoms with van der Waals surface area (Å²) in [7, 11) is 0. The lowest BCUT2D eigenvalue weighted by Gasteiger charge is -2.09. The van der Waals surface area contributed by atoms with E-state index in [2.05, 4.69) is 10.3 Å². The third-order valence-electron chi connectivity index (χ3n) is 2.47.